The van der Waals surface area contributed by atoms with Crippen LogP contribution < -0.4 is 15.6 Å². The number of benzene rings is 2. The molecule has 0 saturated carbocycles. The summed E-state index contributed by atoms with van der Waals surface area (Å²) in [5.74, 6) is -0.169. The zero-order valence-electron chi connectivity index (χ0n) is 12.3. The van der Waals surface area contributed by atoms with E-state index in [9.17, 15) is 9.59 Å². The topological polar surface area (TPSA) is 67.4 Å². The van der Waals surface area contributed by atoms with Crippen LogP contribution in [0, 0.1) is 0 Å². The maximum absolute atomic E-state index is 11.7. The average Bonchev–Trinajstić information content (AvgIpc) is 2.58. The van der Waals surface area contributed by atoms with Gasteiger partial charge in [-0.05, 0) is 36.2 Å². The van der Waals surface area contributed by atoms with Gasteiger partial charge in [0.05, 0.1) is 0 Å². The molecule has 0 aliphatic rings. The van der Waals surface area contributed by atoms with Gasteiger partial charge in [-0.1, -0.05) is 37.3 Å². The SMILES string of the molecule is CCc1cccc(OCC(=O)NNC(=O)c2ccccc2)c1. The molecule has 0 saturated heterocycles. The first-order valence-corrected chi connectivity index (χ1v) is 7.05. The third-order valence-electron chi connectivity index (χ3n) is 3.03. The lowest BCUT2D eigenvalue weighted by atomic mass is 10.2. The Kier molecular flexibility index (Phi) is 5.54. The maximum atomic E-state index is 11.7. The smallest absolute Gasteiger partial charge is 0.276 e. The van der Waals surface area contributed by atoms with Crippen molar-refractivity contribution in [3.05, 3.63) is 65.7 Å². The molecule has 0 heterocycles. The predicted octanol–water partition coefficient (Wildman–Crippen LogP) is 2.09. The Morgan fingerprint density at radius 2 is 1.77 bits per heavy atom. The van der Waals surface area contributed by atoms with Crippen molar-refractivity contribution >= 4 is 11.8 Å². The second-order valence-electron chi connectivity index (χ2n) is 4.66. The Balaban J connectivity index is 1.77. The van der Waals surface area contributed by atoms with Gasteiger partial charge >= 0.3 is 0 Å². The molecule has 0 fully saturated rings. The summed E-state index contributed by atoms with van der Waals surface area (Å²) in [7, 11) is 0. The van der Waals surface area contributed by atoms with Crippen molar-refractivity contribution in [1.82, 2.24) is 10.9 Å². The first-order chi connectivity index (χ1) is 10.7. The number of aryl methyl sites for hydroxylation is 1. The molecule has 0 aromatic heterocycles. The van der Waals surface area contributed by atoms with E-state index in [1.54, 1.807) is 30.3 Å². The normalized spacial score (nSPS) is 9.86. The number of rotatable bonds is 5. The molecular weight excluding hydrogens is 280 g/mol. The molecule has 0 bridgehead atoms. The van der Waals surface area contributed by atoms with Crippen LogP contribution >= 0.6 is 0 Å². The van der Waals surface area contributed by atoms with Crippen LogP contribution in [-0.4, -0.2) is 18.4 Å². The highest BCUT2D eigenvalue weighted by molar-refractivity contribution is 5.95. The Morgan fingerprint density at radius 1 is 1.00 bits per heavy atom. The maximum Gasteiger partial charge on any atom is 0.276 e. The number of amides is 2. The van der Waals surface area contributed by atoms with Crippen molar-refractivity contribution in [1.29, 1.82) is 0 Å². The van der Waals surface area contributed by atoms with Crippen LogP contribution in [0.15, 0.2) is 54.6 Å². The summed E-state index contributed by atoms with van der Waals surface area (Å²) in [6.45, 7) is 1.88. The number of carbonyl (C=O) groups excluding carboxylic acids is 2. The predicted molar refractivity (Wildman–Crippen MR) is 83.4 cm³/mol. The molecule has 2 rings (SSSR count). The van der Waals surface area contributed by atoms with Crippen molar-refractivity contribution < 1.29 is 14.3 Å². The van der Waals surface area contributed by atoms with Gasteiger partial charge in [-0.3, -0.25) is 20.4 Å². The standard InChI is InChI=1S/C17H18N2O3/c1-2-13-7-6-10-15(11-13)22-12-16(20)18-19-17(21)14-8-4-3-5-9-14/h3-11H,2,12H2,1H3,(H,18,20)(H,19,21). The van der Waals surface area contributed by atoms with Crippen molar-refractivity contribution in [2.75, 3.05) is 6.61 Å². The molecule has 0 unspecified atom stereocenters. The third-order valence-corrected chi connectivity index (χ3v) is 3.03. The van der Waals surface area contributed by atoms with Gasteiger partial charge in [0.25, 0.3) is 11.8 Å². The highest BCUT2D eigenvalue weighted by Crippen LogP contribution is 2.13. The van der Waals surface area contributed by atoms with Crippen LogP contribution in [0.25, 0.3) is 0 Å². The van der Waals surface area contributed by atoms with E-state index in [0.717, 1.165) is 12.0 Å². The van der Waals surface area contributed by atoms with Gasteiger partial charge in [-0.25, -0.2) is 0 Å². The van der Waals surface area contributed by atoms with Gasteiger partial charge in [0.15, 0.2) is 6.61 Å². The summed E-state index contributed by atoms with van der Waals surface area (Å²) in [5.41, 5.74) is 6.26. The highest BCUT2D eigenvalue weighted by atomic mass is 16.5. The summed E-state index contributed by atoms with van der Waals surface area (Å²) < 4.78 is 5.38. The van der Waals surface area contributed by atoms with Crippen molar-refractivity contribution in [3.8, 4) is 5.75 Å². The lowest BCUT2D eigenvalue weighted by Gasteiger charge is -2.09. The monoisotopic (exact) mass is 298 g/mol. The third kappa shape index (κ3) is 4.63. The van der Waals surface area contributed by atoms with Crippen LogP contribution in [0.5, 0.6) is 5.75 Å². The fraction of sp³-hybridized carbons (Fsp3) is 0.176. The molecule has 0 radical (unpaired) electrons. The largest absolute Gasteiger partial charge is 0.484 e. The average molecular weight is 298 g/mol. The van der Waals surface area contributed by atoms with E-state index in [0.29, 0.717) is 11.3 Å². The van der Waals surface area contributed by atoms with Crippen LogP contribution in [0.4, 0.5) is 0 Å². The summed E-state index contributed by atoms with van der Waals surface area (Å²) in [4.78, 5) is 23.4. The van der Waals surface area contributed by atoms with Crippen LogP contribution in [0.3, 0.4) is 0 Å². The Hall–Kier alpha value is -2.82. The Bertz CT molecular complexity index is 641. The van der Waals surface area contributed by atoms with Crippen molar-refractivity contribution in [2.45, 2.75) is 13.3 Å². The molecule has 0 aliphatic carbocycles. The number of hydrogen-bond donors (Lipinski definition) is 2. The molecule has 2 N–H and O–H groups in total. The van der Waals surface area contributed by atoms with Crippen LogP contribution in [0.1, 0.15) is 22.8 Å². The molecule has 2 amide bonds. The molecule has 114 valence electrons. The molecule has 5 nitrogen and oxygen atoms in total. The number of nitrogens with one attached hydrogen (secondary N) is 2. The molecule has 0 atom stereocenters. The number of carbonyl (C=O) groups is 2. The van der Waals surface area contributed by atoms with Crippen LogP contribution in [-0.2, 0) is 11.2 Å². The fourth-order valence-electron chi connectivity index (χ4n) is 1.83. The van der Waals surface area contributed by atoms with E-state index >= 15 is 0 Å². The van der Waals surface area contributed by atoms with Gasteiger partial charge in [0, 0.05) is 5.56 Å². The molecule has 2 aromatic carbocycles. The van der Waals surface area contributed by atoms with E-state index in [1.165, 1.54) is 0 Å². The number of hydrogen-bond acceptors (Lipinski definition) is 3. The first kappa shape index (κ1) is 15.6. The van der Waals surface area contributed by atoms with E-state index in [-0.39, 0.29) is 12.5 Å². The molecule has 22 heavy (non-hydrogen) atoms. The van der Waals surface area contributed by atoms with Gasteiger partial charge < -0.3 is 4.74 Å². The second-order valence-corrected chi connectivity index (χ2v) is 4.66. The minimum atomic E-state index is -0.425. The lowest BCUT2D eigenvalue weighted by Crippen LogP contribution is -2.43. The quantitative estimate of drug-likeness (QED) is 0.831. The van der Waals surface area contributed by atoms with E-state index < -0.39 is 5.91 Å². The van der Waals surface area contributed by atoms with E-state index in [4.69, 9.17) is 4.74 Å². The lowest BCUT2D eigenvalue weighted by molar-refractivity contribution is -0.123. The zero-order chi connectivity index (χ0) is 15.8. The minimum absolute atomic E-state index is 0.164. The number of ether oxygens (including phenoxy) is 1. The van der Waals surface area contributed by atoms with Crippen molar-refractivity contribution in [2.24, 2.45) is 0 Å². The van der Waals surface area contributed by atoms with Gasteiger partial charge in [0.2, 0.25) is 0 Å². The van der Waals surface area contributed by atoms with E-state index in [1.807, 2.05) is 31.2 Å². The van der Waals surface area contributed by atoms with Gasteiger partial charge in [-0.15, -0.1) is 0 Å². The zero-order valence-corrected chi connectivity index (χ0v) is 12.3. The second kappa shape index (κ2) is 7.83. The highest BCUT2D eigenvalue weighted by Gasteiger charge is 2.07. The first-order valence-electron chi connectivity index (χ1n) is 7.05. The van der Waals surface area contributed by atoms with Crippen LogP contribution in [0.2, 0.25) is 0 Å². The van der Waals surface area contributed by atoms with Gasteiger partial charge in [0.1, 0.15) is 5.75 Å². The van der Waals surface area contributed by atoms with Gasteiger partial charge in [-0.2, -0.15) is 0 Å². The summed E-state index contributed by atoms with van der Waals surface area (Å²) in [5, 5.41) is 0. The fourth-order valence-corrected chi connectivity index (χ4v) is 1.83. The summed E-state index contributed by atoms with van der Waals surface area (Å²) in [6.07, 6.45) is 0.899. The Labute approximate surface area is 129 Å². The molecular formula is C17H18N2O3. The summed E-state index contributed by atoms with van der Waals surface area (Å²) in [6, 6.07) is 16.2. The molecule has 0 spiro atoms. The van der Waals surface area contributed by atoms with Crippen molar-refractivity contribution in [3.63, 3.8) is 0 Å². The Morgan fingerprint density at radius 3 is 2.50 bits per heavy atom. The minimum Gasteiger partial charge on any atom is -0.484 e. The number of hydrazine groups is 1. The molecule has 0 aliphatic heterocycles. The molecule has 5 heteroatoms. The summed E-state index contributed by atoms with van der Waals surface area (Å²) >= 11 is 0. The van der Waals surface area contributed by atoms with E-state index in [2.05, 4.69) is 10.9 Å². The molecule has 2 aromatic rings.